The highest BCUT2D eigenvalue weighted by Gasteiger charge is 2.17. The summed E-state index contributed by atoms with van der Waals surface area (Å²) in [6.07, 6.45) is 0.556. The quantitative estimate of drug-likeness (QED) is 0.835. The lowest BCUT2D eigenvalue weighted by atomic mass is 9.95. The molecule has 0 amide bonds. The third-order valence-electron chi connectivity index (χ3n) is 3.54. The summed E-state index contributed by atoms with van der Waals surface area (Å²) >= 11 is 6.07. The van der Waals surface area contributed by atoms with Crippen LogP contribution in [-0.4, -0.2) is 6.54 Å². The minimum absolute atomic E-state index is 0.123. The molecule has 1 nitrogen and oxygen atoms in total. The van der Waals surface area contributed by atoms with Crippen LogP contribution in [0.3, 0.4) is 0 Å². The Morgan fingerprint density at radius 2 is 1.95 bits per heavy atom. The lowest BCUT2D eigenvalue weighted by Gasteiger charge is -2.21. The minimum atomic E-state index is -0.437. The summed E-state index contributed by atoms with van der Waals surface area (Å²) in [5.41, 5.74) is 2.59. The van der Waals surface area contributed by atoms with E-state index in [4.69, 9.17) is 11.6 Å². The van der Waals surface area contributed by atoms with Crippen molar-refractivity contribution in [3.63, 3.8) is 0 Å². The van der Waals surface area contributed by atoms with Gasteiger partial charge in [-0.25, -0.2) is 8.78 Å². The van der Waals surface area contributed by atoms with Crippen LogP contribution in [0.5, 0.6) is 0 Å². The molecule has 0 spiro atoms. The molecule has 2 aromatic rings. The van der Waals surface area contributed by atoms with E-state index >= 15 is 0 Å². The summed E-state index contributed by atoms with van der Waals surface area (Å²) in [6.45, 7) is 4.62. The van der Waals surface area contributed by atoms with E-state index in [0.29, 0.717) is 18.5 Å². The lowest BCUT2D eigenvalue weighted by molar-refractivity contribution is 0.539. The zero-order valence-electron chi connectivity index (χ0n) is 12.1. The highest BCUT2D eigenvalue weighted by Crippen LogP contribution is 2.28. The van der Waals surface area contributed by atoms with Crippen LogP contribution in [-0.2, 0) is 6.42 Å². The summed E-state index contributed by atoms with van der Waals surface area (Å²) in [5, 5.41) is 3.41. The molecule has 0 fully saturated rings. The molecule has 0 saturated heterocycles. The Balaban J connectivity index is 2.35. The number of nitrogens with one attached hydrogen (secondary N) is 1. The summed E-state index contributed by atoms with van der Waals surface area (Å²) in [7, 11) is 0. The summed E-state index contributed by atoms with van der Waals surface area (Å²) in [6, 6.07) is 9.33. The van der Waals surface area contributed by atoms with Gasteiger partial charge in [-0.2, -0.15) is 0 Å². The van der Waals surface area contributed by atoms with E-state index in [0.717, 1.165) is 11.1 Å². The maximum Gasteiger partial charge on any atom is 0.142 e. The molecule has 1 atom stereocenters. The second kappa shape index (κ2) is 7.01. The number of hydrogen-bond donors (Lipinski definition) is 1. The van der Waals surface area contributed by atoms with Crippen LogP contribution < -0.4 is 5.32 Å². The van der Waals surface area contributed by atoms with Crippen LogP contribution in [0.2, 0.25) is 5.02 Å². The summed E-state index contributed by atoms with van der Waals surface area (Å²) < 4.78 is 27.1. The van der Waals surface area contributed by atoms with E-state index in [2.05, 4.69) is 5.32 Å². The molecule has 0 saturated carbocycles. The van der Waals surface area contributed by atoms with Gasteiger partial charge in [0.05, 0.1) is 5.02 Å². The van der Waals surface area contributed by atoms with Gasteiger partial charge in [0.15, 0.2) is 0 Å². The highest BCUT2D eigenvalue weighted by molar-refractivity contribution is 6.31. The number of hydrogen-bond acceptors (Lipinski definition) is 1. The smallest absolute Gasteiger partial charge is 0.142 e. The normalized spacial score (nSPS) is 12.4. The van der Waals surface area contributed by atoms with Gasteiger partial charge in [-0.05, 0) is 54.8 Å². The highest BCUT2D eigenvalue weighted by atomic mass is 35.5. The van der Waals surface area contributed by atoms with Gasteiger partial charge in [-0.1, -0.05) is 36.7 Å². The first-order valence-electron chi connectivity index (χ1n) is 6.95. The average Bonchev–Trinajstić information content (AvgIpc) is 2.45. The first kappa shape index (κ1) is 15.9. The Labute approximate surface area is 128 Å². The second-order valence-electron chi connectivity index (χ2n) is 5.03. The zero-order valence-corrected chi connectivity index (χ0v) is 12.8. The summed E-state index contributed by atoms with van der Waals surface area (Å²) in [4.78, 5) is 0. The Bertz CT molecular complexity index is 628. The molecule has 1 unspecified atom stereocenters. The molecule has 1 N–H and O–H groups in total. The topological polar surface area (TPSA) is 12.0 Å². The van der Waals surface area contributed by atoms with Crippen LogP contribution in [0.1, 0.15) is 29.7 Å². The zero-order chi connectivity index (χ0) is 15.4. The molecule has 0 aliphatic rings. The molecular weight excluding hydrogens is 292 g/mol. The van der Waals surface area contributed by atoms with Crippen molar-refractivity contribution in [2.75, 3.05) is 6.54 Å². The first-order valence-corrected chi connectivity index (χ1v) is 7.33. The van der Waals surface area contributed by atoms with E-state index in [1.165, 1.54) is 18.2 Å². The Morgan fingerprint density at radius 1 is 1.19 bits per heavy atom. The van der Waals surface area contributed by atoms with E-state index in [1.54, 1.807) is 18.2 Å². The fourth-order valence-corrected chi connectivity index (χ4v) is 2.67. The van der Waals surface area contributed by atoms with Crippen molar-refractivity contribution >= 4 is 11.6 Å². The molecule has 0 bridgehead atoms. The average molecular weight is 310 g/mol. The van der Waals surface area contributed by atoms with Crippen LogP contribution >= 0.6 is 11.6 Å². The molecule has 2 aromatic carbocycles. The number of aryl methyl sites for hydroxylation is 1. The van der Waals surface area contributed by atoms with Crippen LogP contribution in [0.15, 0.2) is 36.4 Å². The van der Waals surface area contributed by atoms with Crippen LogP contribution in [0.4, 0.5) is 8.78 Å². The van der Waals surface area contributed by atoms with Gasteiger partial charge in [0.25, 0.3) is 0 Å². The van der Waals surface area contributed by atoms with E-state index in [1.807, 2.05) is 13.8 Å². The van der Waals surface area contributed by atoms with Gasteiger partial charge in [-0.3, -0.25) is 0 Å². The van der Waals surface area contributed by atoms with Crippen molar-refractivity contribution in [2.45, 2.75) is 26.3 Å². The monoisotopic (exact) mass is 309 g/mol. The second-order valence-corrected chi connectivity index (χ2v) is 5.41. The minimum Gasteiger partial charge on any atom is -0.310 e. The number of benzene rings is 2. The fourth-order valence-electron chi connectivity index (χ4n) is 2.41. The van der Waals surface area contributed by atoms with Gasteiger partial charge >= 0.3 is 0 Å². The van der Waals surface area contributed by atoms with Crippen LogP contribution in [0, 0.1) is 18.6 Å². The van der Waals surface area contributed by atoms with Crippen molar-refractivity contribution in [3.8, 4) is 0 Å². The molecule has 0 aliphatic heterocycles. The predicted octanol–water partition coefficient (Wildman–Crippen LogP) is 4.82. The van der Waals surface area contributed by atoms with Gasteiger partial charge < -0.3 is 5.32 Å². The molecule has 0 radical (unpaired) electrons. The Morgan fingerprint density at radius 3 is 2.67 bits per heavy atom. The van der Waals surface area contributed by atoms with Crippen molar-refractivity contribution in [2.24, 2.45) is 0 Å². The van der Waals surface area contributed by atoms with Gasteiger partial charge in [0.1, 0.15) is 11.6 Å². The standard InChI is InChI=1S/C17H18ClF2N/c1-3-21-16(14-5-4-6-15(20)17(14)18)10-12-9-13(19)8-7-11(12)2/h4-9,16,21H,3,10H2,1-2H3. The third kappa shape index (κ3) is 3.80. The molecule has 2 rings (SSSR count). The SMILES string of the molecule is CCNC(Cc1cc(F)ccc1C)c1cccc(F)c1Cl. The lowest BCUT2D eigenvalue weighted by Crippen LogP contribution is -2.24. The van der Waals surface area contributed by atoms with Gasteiger partial charge in [0, 0.05) is 6.04 Å². The molecule has 4 heteroatoms. The number of likely N-dealkylation sites (N-methyl/N-ethyl adjacent to an activating group) is 1. The largest absolute Gasteiger partial charge is 0.310 e. The van der Waals surface area contributed by atoms with Crippen LogP contribution in [0.25, 0.3) is 0 Å². The molecule has 0 aliphatic carbocycles. The molecular formula is C17H18ClF2N. The predicted molar refractivity (Wildman–Crippen MR) is 82.7 cm³/mol. The van der Waals surface area contributed by atoms with Crippen molar-refractivity contribution in [3.05, 3.63) is 69.7 Å². The summed E-state index contributed by atoms with van der Waals surface area (Å²) in [5.74, 6) is -0.704. The number of rotatable bonds is 5. The first-order chi connectivity index (χ1) is 10.0. The third-order valence-corrected chi connectivity index (χ3v) is 3.94. The van der Waals surface area contributed by atoms with Crippen molar-refractivity contribution in [1.82, 2.24) is 5.32 Å². The van der Waals surface area contributed by atoms with E-state index < -0.39 is 5.82 Å². The maximum atomic E-state index is 13.6. The van der Waals surface area contributed by atoms with E-state index in [9.17, 15) is 8.78 Å². The molecule has 0 aromatic heterocycles. The number of halogens is 3. The fraction of sp³-hybridized carbons (Fsp3) is 0.294. The Hall–Kier alpha value is -1.45. The molecule has 0 heterocycles. The molecule has 21 heavy (non-hydrogen) atoms. The van der Waals surface area contributed by atoms with Crippen molar-refractivity contribution < 1.29 is 8.78 Å². The maximum absolute atomic E-state index is 13.6. The van der Waals surface area contributed by atoms with Crippen molar-refractivity contribution in [1.29, 1.82) is 0 Å². The van der Waals surface area contributed by atoms with E-state index in [-0.39, 0.29) is 16.9 Å². The van der Waals surface area contributed by atoms with Gasteiger partial charge in [-0.15, -0.1) is 0 Å². The van der Waals surface area contributed by atoms with Gasteiger partial charge in [0.2, 0.25) is 0 Å². The molecule has 112 valence electrons. The Kier molecular flexibility index (Phi) is 5.32.